The SMILES string of the molecule is COC[C@H]1C[C@@H]2C(=O)N(c3ccccc3)C(=O)[C@@H]2[C@@H]2C[C@@H](c3ccc(CO)o3)O[C@]12O. The number of aliphatic hydroxyl groups excluding tert-OH is 1. The van der Waals surface area contributed by atoms with Crippen LogP contribution in [0.25, 0.3) is 0 Å². The van der Waals surface area contributed by atoms with Gasteiger partial charge in [0.05, 0.1) is 24.1 Å². The number of hydrogen-bond donors (Lipinski definition) is 2. The maximum Gasteiger partial charge on any atom is 0.238 e. The molecule has 3 fully saturated rings. The first-order valence-corrected chi connectivity index (χ1v) is 10.5. The van der Waals surface area contributed by atoms with Crippen LogP contribution in [0, 0.1) is 23.7 Å². The van der Waals surface area contributed by atoms with Gasteiger partial charge in [-0.1, -0.05) is 18.2 Å². The van der Waals surface area contributed by atoms with Crippen LogP contribution >= 0.6 is 0 Å². The Labute approximate surface area is 179 Å². The van der Waals surface area contributed by atoms with Gasteiger partial charge in [-0.2, -0.15) is 0 Å². The van der Waals surface area contributed by atoms with E-state index in [1.54, 1.807) is 36.4 Å². The number of rotatable bonds is 5. The lowest BCUT2D eigenvalue weighted by Gasteiger charge is -2.44. The number of imide groups is 1. The van der Waals surface area contributed by atoms with E-state index >= 15 is 0 Å². The van der Waals surface area contributed by atoms with E-state index in [4.69, 9.17) is 13.9 Å². The number of hydrogen-bond acceptors (Lipinski definition) is 7. The van der Waals surface area contributed by atoms with Gasteiger partial charge in [-0.3, -0.25) is 14.5 Å². The number of aliphatic hydroxyl groups is 2. The molecular formula is C23H25NO7. The van der Waals surface area contributed by atoms with Gasteiger partial charge < -0.3 is 24.1 Å². The molecule has 1 saturated carbocycles. The molecule has 2 saturated heterocycles. The third-order valence-electron chi connectivity index (χ3n) is 6.90. The summed E-state index contributed by atoms with van der Waals surface area (Å²) in [5, 5.41) is 20.9. The smallest absolute Gasteiger partial charge is 0.238 e. The first-order chi connectivity index (χ1) is 15.0. The Balaban J connectivity index is 1.51. The van der Waals surface area contributed by atoms with Crippen LogP contribution in [0.15, 0.2) is 46.9 Å². The number of nitrogens with zero attached hydrogens (tertiary/aromatic N) is 1. The number of ether oxygens (including phenoxy) is 2. The maximum atomic E-state index is 13.4. The number of carbonyl (C=O) groups is 2. The quantitative estimate of drug-likeness (QED) is 0.703. The van der Waals surface area contributed by atoms with Crippen molar-refractivity contribution in [3.63, 3.8) is 0 Å². The predicted octanol–water partition coefficient (Wildman–Crippen LogP) is 2.01. The van der Waals surface area contributed by atoms with Crippen LogP contribution in [0.4, 0.5) is 5.69 Å². The van der Waals surface area contributed by atoms with Crippen molar-refractivity contribution >= 4 is 17.5 Å². The number of anilines is 1. The minimum absolute atomic E-state index is 0.204. The van der Waals surface area contributed by atoms with Crippen molar-refractivity contribution in [2.75, 3.05) is 18.6 Å². The Morgan fingerprint density at radius 1 is 1.13 bits per heavy atom. The fourth-order valence-corrected chi connectivity index (χ4v) is 5.54. The van der Waals surface area contributed by atoms with Gasteiger partial charge in [-0.15, -0.1) is 0 Å². The summed E-state index contributed by atoms with van der Waals surface area (Å²) in [6, 6.07) is 12.2. The largest absolute Gasteiger partial charge is 0.461 e. The Morgan fingerprint density at radius 3 is 2.58 bits per heavy atom. The average Bonchev–Trinajstić information content (AvgIpc) is 3.44. The Morgan fingerprint density at radius 2 is 1.90 bits per heavy atom. The zero-order chi connectivity index (χ0) is 21.8. The number of para-hydroxylation sites is 1. The molecule has 2 aliphatic heterocycles. The van der Waals surface area contributed by atoms with Crippen LogP contribution in [0.1, 0.15) is 30.5 Å². The minimum atomic E-state index is -1.61. The number of carbonyl (C=O) groups excluding carboxylic acids is 2. The summed E-state index contributed by atoms with van der Waals surface area (Å²) in [5.41, 5.74) is 0.535. The first-order valence-electron chi connectivity index (χ1n) is 10.5. The highest BCUT2D eigenvalue weighted by molar-refractivity contribution is 6.22. The normalized spacial score (nSPS) is 34.8. The van der Waals surface area contributed by atoms with E-state index < -0.39 is 35.6 Å². The van der Waals surface area contributed by atoms with Crippen molar-refractivity contribution < 1.29 is 33.7 Å². The molecule has 0 bridgehead atoms. The van der Waals surface area contributed by atoms with Crippen molar-refractivity contribution in [1.29, 1.82) is 0 Å². The summed E-state index contributed by atoms with van der Waals surface area (Å²) in [5.74, 6) is -3.54. The number of fused-ring (bicyclic) bond motifs is 3. The van der Waals surface area contributed by atoms with Crippen LogP contribution in [0.3, 0.4) is 0 Å². The number of amides is 2. The van der Waals surface area contributed by atoms with E-state index in [0.717, 1.165) is 0 Å². The molecule has 1 aliphatic carbocycles. The zero-order valence-corrected chi connectivity index (χ0v) is 17.1. The standard InChI is InChI=1S/C23H25NO7/c1-29-12-13-9-16-20(22(27)24(21(16)26)14-5-3-2-4-6-14)17-10-19(31-23(13,17)28)18-8-7-15(11-25)30-18/h2-8,13,16-17,19-20,25,28H,9-12H2,1H3/t13-,16+,17+,19+,20+,23-/m1/s1. The molecule has 31 heavy (non-hydrogen) atoms. The molecule has 0 radical (unpaired) electrons. The minimum Gasteiger partial charge on any atom is -0.461 e. The van der Waals surface area contributed by atoms with Gasteiger partial charge in [0.2, 0.25) is 11.8 Å². The van der Waals surface area contributed by atoms with Crippen molar-refractivity contribution in [2.45, 2.75) is 31.3 Å². The average molecular weight is 427 g/mol. The lowest BCUT2D eigenvalue weighted by molar-refractivity contribution is -0.276. The molecule has 0 unspecified atom stereocenters. The van der Waals surface area contributed by atoms with Crippen LogP contribution < -0.4 is 4.90 Å². The highest BCUT2D eigenvalue weighted by Crippen LogP contribution is 2.58. The summed E-state index contributed by atoms with van der Waals surface area (Å²) in [4.78, 5) is 28.0. The summed E-state index contributed by atoms with van der Waals surface area (Å²) in [7, 11) is 1.54. The lowest BCUT2D eigenvalue weighted by atomic mass is 9.64. The van der Waals surface area contributed by atoms with Crippen LogP contribution in [0.2, 0.25) is 0 Å². The van der Waals surface area contributed by atoms with E-state index in [9.17, 15) is 19.8 Å². The lowest BCUT2D eigenvalue weighted by Crippen LogP contribution is -2.54. The highest BCUT2D eigenvalue weighted by Gasteiger charge is 2.67. The second-order valence-corrected chi connectivity index (χ2v) is 8.53. The molecule has 8 heteroatoms. The van der Waals surface area contributed by atoms with Gasteiger partial charge in [-0.25, -0.2) is 0 Å². The van der Waals surface area contributed by atoms with Crippen molar-refractivity contribution in [3.05, 3.63) is 54.0 Å². The molecule has 3 heterocycles. The fraction of sp³-hybridized carbons (Fsp3) is 0.478. The predicted molar refractivity (Wildman–Crippen MR) is 107 cm³/mol. The Hall–Kier alpha value is -2.52. The number of furan rings is 1. The Kier molecular flexibility index (Phi) is 4.97. The van der Waals surface area contributed by atoms with Crippen LogP contribution in [-0.4, -0.2) is 41.5 Å². The van der Waals surface area contributed by atoms with Gasteiger partial charge in [-0.05, 0) is 37.1 Å². The van der Waals surface area contributed by atoms with Gasteiger partial charge in [0.15, 0.2) is 5.79 Å². The van der Waals surface area contributed by atoms with Crippen molar-refractivity contribution in [1.82, 2.24) is 0 Å². The third-order valence-corrected chi connectivity index (χ3v) is 6.90. The monoisotopic (exact) mass is 427 g/mol. The molecule has 3 aliphatic rings. The van der Waals surface area contributed by atoms with Crippen LogP contribution in [0.5, 0.6) is 0 Å². The molecule has 1 aromatic heterocycles. The molecule has 5 rings (SSSR count). The topological polar surface area (TPSA) is 109 Å². The van der Waals surface area contributed by atoms with Gasteiger partial charge in [0.1, 0.15) is 24.2 Å². The van der Waals surface area contributed by atoms with Crippen LogP contribution in [-0.2, 0) is 25.7 Å². The van der Waals surface area contributed by atoms with E-state index in [0.29, 0.717) is 30.0 Å². The van der Waals surface area contributed by atoms with Gasteiger partial charge >= 0.3 is 0 Å². The molecular weight excluding hydrogens is 402 g/mol. The van der Waals surface area contributed by atoms with Crippen molar-refractivity contribution in [3.8, 4) is 0 Å². The third kappa shape index (κ3) is 3.05. The molecule has 164 valence electrons. The Bertz CT molecular complexity index is 989. The summed E-state index contributed by atoms with van der Waals surface area (Å²) < 4.78 is 17.1. The fourth-order valence-electron chi connectivity index (χ4n) is 5.54. The molecule has 0 spiro atoms. The van der Waals surface area contributed by atoms with Gasteiger partial charge in [0.25, 0.3) is 0 Å². The summed E-state index contributed by atoms with van der Waals surface area (Å²) in [6.07, 6.45) is 0.0477. The van der Waals surface area contributed by atoms with Gasteiger partial charge in [0, 0.05) is 18.9 Å². The second kappa shape index (κ2) is 7.56. The molecule has 1 aromatic carbocycles. The van der Waals surface area contributed by atoms with Crippen molar-refractivity contribution in [2.24, 2.45) is 23.7 Å². The summed E-state index contributed by atoms with van der Waals surface area (Å²) in [6.45, 7) is -0.0355. The molecule has 2 amide bonds. The maximum absolute atomic E-state index is 13.4. The van der Waals surface area contributed by atoms with E-state index in [1.165, 1.54) is 12.0 Å². The molecule has 2 aromatic rings. The second-order valence-electron chi connectivity index (χ2n) is 8.53. The highest BCUT2D eigenvalue weighted by atomic mass is 16.6. The number of methoxy groups -OCH3 is 1. The van der Waals surface area contributed by atoms with E-state index in [1.807, 2.05) is 6.07 Å². The van der Waals surface area contributed by atoms with E-state index in [-0.39, 0.29) is 25.0 Å². The molecule has 6 atom stereocenters. The first kappa shape index (κ1) is 20.4. The van der Waals surface area contributed by atoms with E-state index in [2.05, 4.69) is 0 Å². The molecule has 8 nitrogen and oxygen atoms in total. The summed E-state index contributed by atoms with van der Waals surface area (Å²) >= 11 is 0. The zero-order valence-electron chi connectivity index (χ0n) is 17.1. The number of benzene rings is 1. The molecule has 2 N–H and O–H groups in total.